The van der Waals surface area contributed by atoms with Crippen molar-refractivity contribution in [3.05, 3.63) is 0 Å². The van der Waals surface area contributed by atoms with Gasteiger partial charge < -0.3 is 15.4 Å². The summed E-state index contributed by atoms with van der Waals surface area (Å²) < 4.78 is 4.97. The number of rotatable bonds is 9. The molecule has 0 radical (unpaired) electrons. The fraction of sp³-hybridized carbons (Fsp3) is 0.933. The maximum atomic E-state index is 12.2. The number of nitrogens with one attached hydrogen (secondary N) is 2. The van der Waals surface area contributed by atoms with Crippen LogP contribution in [0.25, 0.3) is 0 Å². The summed E-state index contributed by atoms with van der Waals surface area (Å²) in [5.74, 6) is 0.835. The molecular formula is C15H31N3O2. The monoisotopic (exact) mass is 285 g/mol. The molecule has 1 unspecified atom stereocenters. The Labute approximate surface area is 123 Å². The van der Waals surface area contributed by atoms with Crippen LogP contribution in [0.3, 0.4) is 0 Å². The van der Waals surface area contributed by atoms with Gasteiger partial charge in [-0.2, -0.15) is 0 Å². The highest BCUT2D eigenvalue weighted by Crippen LogP contribution is 2.15. The second-order valence-electron chi connectivity index (χ2n) is 5.65. The Morgan fingerprint density at radius 3 is 2.75 bits per heavy atom. The zero-order valence-electron chi connectivity index (χ0n) is 13.3. The third kappa shape index (κ3) is 6.20. The molecule has 0 aromatic heterocycles. The van der Waals surface area contributed by atoms with Gasteiger partial charge >= 0.3 is 0 Å². The predicted octanol–water partition coefficient (Wildman–Crippen LogP) is 0.849. The summed E-state index contributed by atoms with van der Waals surface area (Å²) in [6.07, 6.45) is 3.52. The lowest BCUT2D eigenvalue weighted by molar-refractivity contribution is -0.126. The SMILES string of the molecule is CCCN(CC1CCNCC1)C(C)C(=O)NCCOC. The highest BCUT2D eigenvalue weighted by Gasteiger charge is 2.24. The van der Waals surface area contributed by atoms with Crippen molar-refractivity contribution in [1.82, 2.24) is 15.5 Å². The van der Waals surface area contributed by atoms with Gasteiger partial charge in [0, 0.05) is 20.2 Å². The number of hydrogen-bond acceptors (Lipinski definition) is 4. The summed E-state index contributed by atoms with van der Waals surface area (Å²) in [4.78, 5) is 14.5. The molecule has 1 saturated heterocycles. The lowest BCUT2D eigenvalue weighted by atomic mass is 9.97. The molecule has 0 aliphatic carbocycles. The topological polar surface area (TPSA) is 53.6 Å². The van der Waals surface area contributed by atoms with Crippen LogP contribution >= 0.6 is 0 Å². The number of carbonyl (C=O) groups is 1. The fourth-order valence-electron chi connectivity index (χ4n) is 2.72. The van der Waals surface area contributed by atoms with Gasteiger partial charge in [0.2, 0.25) is 5.91 Å². The van der Waals surface area contributed by atoms with Crippen LogP contribution in [0, 0.1) is 5.92 Å². The van der Waals surface area contributed by atoms with E-state index in [0.29, 0.717) is 13.2 Å². The summed E-state index contributed by atoms with van der Waals surface area (Å²) in [5, 5.41) is 6.34. The molecule has 1 amide bonds. The Bertz CT molecular complexity index is 268. The number of piperidine rings is 1. The van der Waals surface area contributed by atoms with E-state index in [1.54, 1.807) is 7.11 Å². The molecule has 1 atom stereocenters. The highest BCUT2D eigenvalue weighted by atomic mass is 16.5. The molecule has 5 nitrogen and oxygen atoms in total. The maximum absolute atomic E-state index is 12.2. The van der Waals surface area contributed by atoms with Gasteiger partial charge in [-0.15, -0.1) is 0 Å². The van der Waals surface area contributed by atoms with E-state index in [1.807, 2.05) is 6.92 Å². The number of ether oxygens (including phenoxy) is 1. The van der Waals surface area contributed by atoms with Gasteiger partial charge in [-0.25, -0.2) is 0 Å². The van der Waals surface area contributed by atoms with Crippen molar-refractivity contribution in [1.29, 1.82) is 0 Å². The predicted molar refractivity (Wildman–Crippen MR) is 81.8 cm³/mol. The second kappa shape index (κ2) is 10.1. The fourth-order valence-corrected chi connectivity index (χ4v) is 2.72. The molecule has 118 valence electrons. The van der Waals surface area contributed by atoms with Crippen LogP contribution in [-0.2, 0) is 9.53 Å². The molecule has 2 N–H and O–H groups in total. The van der Waals surface area contributed by atoms with Crippen LogP contribution in [0.5, 0.6) is 0 Å². The van der Waals surface area contributed by atoms with Crippen molar-refractivity contribution >= 4 is 5.91 Å². The van der Waals surface area contributed by atoms with Crippen molar-refractivity contribution in [2.24, 2.45) is 5.92 Å². The highest BCUT2D eigenvalue weighted by molar-refractivity contribution is 5.81. The Morgan fingerprint density at radius 1 is 1.45 bits per heavy atom. The number of nitrogens with zero attached hydrogens (tertiary/aromatic N) is 1. The van der Waals surface area contributed by atoms with E-state index in [4.69, 9.17) is 4.74 Å². The van der Waals surface area contributed by atoms with E-state index >= 15 is 0 Å². The van der Waals surface area contributed by atoms with Crippen molar-refractivity contribution in [2.75, 3.05) is 46.4 Å². The van der Waals surface area contributed by atoms with Crippen molar-refractivity contribution in [3.63, 3.8) is 0 Å². The van der Waals surface area contributed by atoms with E-state index in [2.05, 4.69) is 22.5 Å². The van der Waals surface area contributed by atoms with Gasteiger partial charge in [0.05, 0.1) is 12.6 Å². The minimum atomic E-state index is -0.0540. The average molecular weight is 285 g/mol. The number of methoxy groups -OCH3 is 1. The molecule has 1 fully saturated rings. The zero-order valence-corrected chi connectivity index (χ0v) is 13.3. The minimum Gasteiger partial charge on any atom is -0.383 e. The van der Waals surface area contributed by atoms with Gasteiger partial charge in [0.15, 0.2) is 0 Å². The first-order chi connectivity index (χ1) is 9.69. The number of hydrogen-bond donors (Lipinski definition) is 2. The quantitative estimate of drug-likeness (QED) is 0.617. The Hall–Kier alpha value is -0.650. The smallest absolute Gasteiger partial charge is 0.237 e. The average Bonchev–Trinajstić information content (AvgIpc) is 2.47. The van der Waals surface area contributed by atoms with Crippen molar-refractivity contribution in [2.45, 2.75) is 39.2 Å². The van der Waals surface area contributed by atoms with E-state index < -0.39 is 0 Å². The molecule has 0 aromatic rings. The molecule has 5 heteroatoms. The summed E-state index contributed by atoms with van der Waals surface area (Å²) >= 11 is 0. The second-order valence-corrected chi connectivity index (χ2v) is 5.65. The molecule has 1 heterocycles. The van der Waals surface area contributed by atoms with Crippen LogP contribution in [-0.4, -0.2) is 63.3 Å². The molecule has 1 aliphatic rings. The third-order valence-corrected chi connectivity index (χ3v) is 3.99. The van der Waals surface area contributed by atoms with Crippen LogP contribution in [0.15, 0.2) is 0 Å². The molecule has 0 bridgehead atoms. The number of carbonyl (C=O) groups excluding carboxylic acids is 1. The Kier molecular flexibility index (Phi) is 8.82. The summed E-state index contributed by atoms with van der Waals surface area (Å²) in [6.45, 7) is 9.59. The Balaban J connectivity index is 2.43. The lowest BCUT2D eigenvalue weighted by Gasteiger charge is -2.33. The van der Waals surface area contributed by atoms with Crippen LogP contribution in [0.2, 0.25) is 0 Å². The summed E-state index contributed by atoms with van der Waals surface area (Å²) in [7, 11) is 1.65. The van der Waals surface area contributed by atoms with Crippen LogP contribution in [0.1, 0.15) is 33.1 Å². The van der Waals surface area contributed by atoms with Crippen LogP contribution in [0.4, 0.5) is 0 Å². The minimum absolute atomic E-state index is 0.0540. The maximum Gasteiger partial charge on any atom is 0.237 e. The zero-order chi connectivity index (χ0) is 14.8. The molecular weight excluding hydrogens is 254 g/mol. The summed E-state index contributed by atoms with van der Waals surface area (Å²) in [6, 6.07) is -0.0540. The largest absolute Gasteiger partial charge is 0.383 e. The number of amides is 1. The van der Waals surface area contributed by atoms with E-state index in [0.717, 1.165) is 38.5 Å². The summed E-state index contributed by atoms with van der Waals surface area (Å²) in [5.41, 5.74) is 0. The van der Waals surface area contributed by atoms with E-state index in [9.17, 15) is 4.79 Å². The van der Waals surface area contributed by atoms with Crippen molar-refractivity contribution in [3.8, 4) is 0 Å². The molecule has 0 spiro atoms. The lowest BCUT2D eigenvalue weighted by Crippen LogP contribution is -2.48. The van der Waals surface area contributed by atoms with Gasteiger partial charge in [-0.1, -0.05) is 6.92 Å². The van der Waals surface area contributed by atoms with Gasteiger partial charge in [0.1, 0.15) is 0 Å². The normalized spacial score (nSPS) is 18.2. The van der Waals surface area contributed by atoms with E-state index in [-0.39, 0.29) is 11.9 Å². The van der Waals surface area contributed by atoms with Gasteiger partial charge in [-0.3, -0.25) is 9.69 Å². The molecule has 0 aromatic carbocycles. The standard InChI is InChI=1S/C15H31N3O2/c1-4-10-18(12-14-5-7-16-8-6-14)13(2)15(19)17-9-11-20-3/h13-14,16H,4-12H2,1-3H3,(H,17,19). The van der Waals surface area contributed by atoms with Crippen molar-refractivity contribution < 1.29 is 9.53 Å². The van der Waals surface area contributed by atoms with Gasteiger partial charge in [0.25, 0.3) is 0 Å². The van der Waals surface area contributed by atoms with Crippen LogP contribution < -0.4 is 10.6 Å². The first-order valence-electron chi connectivity index (χ1n) is 7.90. The molecule has 0 saturated carbocycles. The third-order valence-electron chi connectivity index (χ3n) is 3.99. The van der Waals surface area contributed by atoms with E-state index in [1.165, 1.54) is 12.8 Å². The molecule has 20 heavy (non-hydrogen) atoms. The molecule has 1 aliphatic heterocycles. The first kappa shape index (κ1) is 17.4. The molecule has 1 rings (SSSR count). The Morgan fingerprint density at radius 2 is 2.15 bits per heavy atom. The first-order valence-corrected chi connectivity index (χ1v) is 7.90. The van der Waals surface area contributed by atoms with Gasteiger partial charge in [-0.05, 0) is 51.7 Å².